The van der Waals surface area contributed by atoms with Crippen molar-refractivity contribution in [3.05, 3.63) is 0 Å². The van der Waals surface area contributed by atoms with E-state index in [1.54, 1.807) is 0 Å². The maximum atomic E-state index is 9.88. The lowest BCUT2D eigenvalue weighted by Crippen LogP contribution is -2.32. The molecule has 1 spiro atoms. The average molecular weight is 152 g/mol. The zero-order valence-electron chi connectivity index (χ0n) is 6.92. The van der Waals surface area contributed by atoms with Crippen molar-refractivity contribution in [3.63, 3.8) is 0 Å². The van der Waals surface area contributed by atoms with Crippen LogP contribution in [0.3, 0.4) is 0 Å². The van der Waals surface area contributed by atoms with Gasteiger partial charge in [-0.05, 0) is 43.9 Å². The van der Waals surface area contributed by atoms with Gasteiger partial charge in [0.15, 0.2) is 0 Å². The molecule has 1 N–H and O–H groups in total. The first-order valence-electron chi connectivity index (χ1n) is 5.02. The lowest BCUT2D eigenvalue weighted by atomic mass is 9.75. The fourth-order valence-electron chi connectivity index (χ4n) is 3.83. The summed E-state index contributed by atoms with van der Waals surface area (Å²) in [6.07, 6.45) is 8.05. The van der Waals surface area contributed by atoms with Crippen LogP contribution in [-0.4, -0.2) is 11.2 Å². The predicted octanol–water partition coefficient (Wildman–Crippen LogP) is 1.95. The van der Waals surface area contributed by atoms with Gasteiger partial charge in [-0.1, -0.05) is 6.42 Å². The molecule has 4 atom stereocenters. The third kappa shape index (κ3) is 0.618. The second kappa shape index (κ2) is 1.82. The highest BCUT2D eigenvalue weighted by atomic mass is 16.3. The van der Waals surface area contributed by atoms with Gasteiger partial charge < -0.3 is 5.11 Å². The molecule has 11 heavy (non-hydrogen) atoms. The van der Waals surface area contributed by atoms with Crippen molar-refractivity contribution in [2.75, 3.05) is 0 Å². The Morgan fingerprint density at radius 3 is 2.55 bits per heavy atom. The van der Waals surface area contributed by atoms with Gasteiger partial charge in [-0.25, -0.2) is 0 Å². The highest BCUT2D eigenvalue weighted by Gasteiger charge is 2.66. The first-order chi connectivity index (χ1) is 5.34. The summed E-state index contributed by atoms with van der Waals surface area (Å²) in [6, 6.07) is 0. The van der Waals surface area contributed by atoms with Crippen molar-refractivity contribution in [1.29, 1.82) is 0 Å². The van der Waals surface area contributed by atoms with E-state index in [1.807, 2.05) is 0 Å². The lowest BCUT2D eigenvalue weighted by molar-refractivity contribution is 0.0199. The van der Waals surface area contributed by atoms with Crippen molar-refractivity contribution < 1.29 is 5.11 Å². The quantitative estimate of drug-likeness (QED) is 0.562. The van der Waals surface area contributed by atoms with Crippen LogP contribution < -0.4 is 0 Å². The molecule has 0 saturated heterocycles. The first kappa shape index (κ1) is 6.47. The van der Waals surface area contributed by atoms with Crippen molar-refractivity contribution in [2.45, 2.75) is 44.6 Å². The Morgan fingerprint density at radius 1 is 1.00 bits per heavy atom. The topological polar surface area (TPSA) is 20.2 Å². The van der Waals surface area contributed by atoms with E-state index in [9.17, 15) is 5.11 Å². The van der Waals surface area contributed by atoms with Crippen molar-refractivity contribution in [2.24, 2.45) is 17.3 Å². The minimum absolute atomic E-state index is 0.0775. The molecular formula is C10H16O. The van der Waals surface area contributed by atoms with Crippen LogP contribution in [0, 0.1) is 17.3 Å². The van der Waals surface area contributed by atoms with Gasteiger partial charge in [-0.15, -0.1) is 0 Å². The van der Waals surface area contributed by atoms with Crippen LogP contribution in [0.15, 0.2) is 0 Å². The van der Waals surface area contributed by atoms with Gasteiger partial charge in [0.25, 0.3) is 0 Å². The maximum Gasteiger partial charge on any atom is 0.0601 e. The van der Waals surface area contributed by atoms with E-state index in [4.69, 9.17) is 0 Å². The van der Waals surface area contributed by atoms with Crippen LogP contribution in [-0.2, 0) is 0 Å². The van der Waals surface area contributed by atoms with Crippen LogP contribution in [0.5, 0.6) is 0 Å². The summed E-state index contributed by atoms with van der Waals surface area (Å²) in [4.78, 5) is 0. The Bertz CT molecular complexity index is 189. The molecule has 0 aromatic heterocycles. The molecule has 0 aliphatic heterocycles. The van der Waals surface area contributed by atoms with Crippen LogP contribution in [0.1, 0.15) is 38.5 Å². The minimum Gasteiger partial charge on any atom is -0.393 e. The van der Waals surface area contributed by atoms with E-state index in [2.05, 4.69) is 0 Å². The molecule has 4 unspecified atom stereocenters. The van der Waals surface area contributed by atoms with Gasteiger partial charge in [-0.2, -0.15) is 0 Å². The third-order valence-electron chi connectivity index (χ3n) is 4.47. The number of hydrogen-bond donors (Lipinski definition) is 1. The van der Waals surface area contributed by atoms with Gasteiger partial charge in [0, 0.05) is 5.41 Å². The van der Waals surface area contributed by atoms with E-state index < -0.39 is 0 Å². The Morgan fingerprint density at radius 2 is 1.82 bits per heavy atom. The average Bonchev–Trinajstić information content (AvgIpc) is 2.62. The molecule has 3 saturated carbocycles. The molecule has 1 heteroatoms. The predicted molar refractivity (Wildman–Crippen MR) is 43.1 cm³/mol. The molecule has 62 valence electrons. The standard InChI is InChI=1S/C10H16O/c11-9-3-1-2-7-4-5-8-6-10(7,8)9/h7-9,11H,1-6H2. The summed E-state index contributed by atoms with van der Waals surface area (Å²) in [5, 5.41) is 9.88. The number of rotatable bonds is 0. The van der Waals surface area contributed by atoms with Gasteiger partial charge in [0.05, 0.1) is 6.10 Å². The van der Waals surface area contributed by atoms with Crippen LogP contribution in [0.2, 0.25) is 0 Å². The number of aliphatic hydroxyl groups excluding tert-OH is 1. The van der Waals surface area contributed by atoms with E-state index >= 15 is 0 Å². The van der Waals surface area contributed by atoms with Gasteiger partial charge >= 0.3 is 0 Å². The zero-order valence-corrected chi connectivity index (χ0v) is 6.92. The number of hydrogen-bond acceptors (Lipinski definition) is 1. The summed E-state index contributed by atoms with van der Waals surface area (Å²) >= 11 is 0. The SMILES string of the molecule is OC1CCCC2CCC3CC123. The second-order valence-electron chi connectivity index (χ2n) is 4.73. The monoisotopic (exact) mass is 152 g/mol. The number of aliphatic hydroxyl groups is 1. The molecule has 1 nitrogen and oxygen atoms in total. The van der Waals surface area contributed by atoms with Crippen LogP contribution >= 0.6 is 0 Å². The highest BCUT2D eigenvalue weighted by molar-refractivity contribution is 5.15. The van der Waals surface area contributed by atoms with Crippen molar-refractivity contribution >= 4 is 0 Å². The molecular weight excluding hydrogens is 136 g/mol. The summed E-state index contributed by atoms with van der Waals surface area (Å²) in [6.45, 7) is 0. The summed E-state index contributed by atoms with van der Waals surface area (Å²) in [7, 11) is 0. The Labute approximate surface area is 67.8 Å². The molecule has 0 aromatic carbocycles. The molecule has 0 aromatic rings. The van der Waals surface area contributed by atoms with Gasteiger partial charge in [0.1, 0.15) is 0 Å². The molecule has 3 aliphatic carbocycles. The molecule has 3 aliphatic rings. The highest BCUT2D eigenvalue weighted by Crippen LogP contribution is 2.71. The van der Waals surface area contributed by atoms with E-state index in [0.29, 0.717) is 5.41 Å². The molecule has 0 radical (unpaired) electrons. The molecule has 0 bridgehead atoms. The van der Waals surface area contributed by atoms with Gasteiger partial charge in [0.2, 0.25) is 0 Å². The third-order valence-corrected chi connectivity index (χ3v) is 4.47. The normalized spacial score (nSPS) is 60.3. The van der Waals surface area contributed by atoms with Crippen molar-refractivity contribution in [1.82, 2.24) is 0 Å². The molecule has 0 amide bonds. The van der Waals surface area contributed by atoms with E-state index in [1.165, 1.54) is 32.1 Å². The van der Waals surface area contributed by atoms with Crippen LogP contribution in [0.4, 0.5) is 0 Å². The largest absolute Gasteiger partial charge is 0.393 e. The summed E-state index contributed by atoms with van der Waals surface area (Å²) in [5.74, 6) is 1.85. The smallest absolute Gasteiger partial charge is 0.0601 e. The minimum atomic E-state index is 0.0775. The van der Waals surface area contributed by atoms with Crippen LogP contribution in [0.25, 0.3) is 0 Å². The maximum absolute atomic E-state index is 9.88. The molecule has 3 rings (SSSR count). The van der Waals surface area contributed by atoms with Gasteiger partial charge in [-0.3, -0.25) is 0 Å². The van der Waals surface area contributed by atoms with E-state index in [0.717, 1.165) is 18.3 Å². The lowest BCUT2D eigenvalue weighted by Gasteiger charge is -2.33. The Kier molecular flexibility index (Phi) is 1.07. The Balaban J connectivity index is 1.93. The second-order valence-corrected chi connectivity index (χ2v) is 4.73. The fraction of sp³-hybridized carbons (Fsp3) is 1.00. The molecule has 0 heterocycles. The van der Waals surface area contributed by atoms with Crippen molar-refractivity contribution in [3.8, 4) is 0 Å². The summed E-state index contributed by atoms with van der Waals surface area (Å²) in [5.41, 5.74) is 0.470. The first-order valence-corrected chi connectivity index (χ1v) is 5.02. The zero-order chi connectivity index (χ0) is 7.47. The fourth-order valence-corrected chi connectivity index (χ4v) is 3.83. The molecule has 3 fully saturated rings. The summed E-state index contributed by atoms with van der Waals surface area (Å²) < 4.78 is 0. The Hall–Kier alpha value is -0.0400. The van der Waals surface area contributed by atoms with E-state index in [-0.39, 0.29) is 6.10 Å².